The minimum absolute atomic E-state index is 0.0349. The van der Waals surface area contributed by atoms with Gasteiger partial charge in [0, 0.05) is 11.9 Å². The number of carbonyl (C=O) groups is 1. The largest absolute Gasteiger partial charge is 0.324 e. The van der Waals surface area contributed by atoms with Crippen molar-refractivity contribution in [2.24, 2.45) is 0 Å². The Labute approximate surface area is 122 Å². The van der Waals surface area contributed by atoms with Gasteiger partial charge in [-0.3, -0.25) is 9.48 Å². The summed E-state index contributed by atoms with van der Waals surface area (Å²) < 4.78 is 15.3. The highest BCUT2D eigenvalue weighted by Gasteiger charge is 2.16. The van der Waals surface area contributed by atoms with Crippen LogP contribution in [-0.4, -0.2) is 15.7 Å². The molecule has 7 heteroatoms. The quantitative estimate of drug-likeness (QED) is 0.922. The van der Waals surface area contributed by atoms with Crippen LogP contribution in [0.15, 0.2) is 35.1 Å². The second-order valence-electron chi connectivity index (χ2n) is 3.93. The van der Waals surface area contributed by atoms with Gasteiger partial charge in [0.2, 0.25) is 5.91 Å². The number of nitrogens with zero attached hydrogens (tertiary/aromatic N) is 2. The number of amides is 1. The molecule has 0 saturated carbocycles. The van der Waals surface area contributed by atoms with Gasteiger partial charge in [0.1, 0.15) is 11.9 Å². The van der Waals surface area contributed by atoms with Gasteiger partial charge in [0.15, 0.2) is 0 Å². The molecule has 0 radical (unpaired) electrons. The molecule has 2 rings (SSSR count). The molecule has 1 aromatic carbocycles. The molecule has 0 aliphatic carbocycles. The maximum Gasteiger partial charge on any atom is 0.248 e. The predicted octanol–water partition coefficient (Wildman–Crippen LogP) is 3.64. The van der Waals surface area contributed by atoms with Crippen molar-refractivity contribution in [3.63, 3.8) is 0 Å². The fourth-order valence-electron chi connectivity index (χ4n) is 1.47. The highest BCUT2D eigenvalue weighted by atomic mass is 79.9. The van der Waals surface area contributed by atoms with Crippen LogP contribution in [0.2, 0.25) is 5.02 Å². The molecule has 1 unspecified atom stereocenters. The third-order valence-corrected chi connectivity index (χ3v) is 3.23. The fourth-order valence-corrected chi connectivity index (χ4v) is 1.95. The van der Waals surface area contributed by atoms with E-state index in [0.717, 1.165) is 4.47 Å². The van der Waals surface area contributed by atoms with Crippen molar-refractivity contribution < 1.29 is 9.18 Å². The lowest BCUT2D eigenvalue weighted by atomic mass is 10.2. The number of hydrogen-bond donors (Lipinski definition) is 1. The molecular weight excluding hydrogens is 337 g/mol. The van der Waals surface area contributed by atoms with Crippen LogP contribution in [0.1, 0.15) is 13.0 Å². The van der Waals surface area contributed by atoms with Gasteiger partial charge in [-0.25, -0.2) is 4.39 Å². The summed E-state index contributed by atoms with van der Waals surface area (Å²) in [5, 5.41) is 6.65. The third kappa shape index (κ3) is 3.33. The maximum absolute atomic E-state index is 13.0. The topological polar surface area (TPSA) is 46.9 Å². The number of nitrogens with one attached hydrogen (secondary N) is 1. The van der Waals surface area contributed by atoms with Crippen LogP contribution < -0.4 is 5.32 Å². The summed E-state index contributed by atoms with van der Waals surface area (Å²) in [7, 11) is 0. The van der Waals surface area contributed by atoms with E-state index in [9.17, 15) is 9.18 Å². The molecule has 0 saturated heterocycles. The molecule has 2 aromatic rings. The van der Waals surface area contributed by atoms with Crippen LogP contribution in [0.25, 0.3) is 0 Å². The summed E-state index contributed by atoms with van der Waals surface area (Å²) in [6.45, 7) is 1.71. The summed E-state index contributed by atoms with van der Waals surface area (Å²) >= 11 is 8.91. The Bertz CT molecular complexity index is 617. The Morgan fingerprint density at radius 3 is 2.89 bits per heavy atom. The molecule has 0 aliphatic rings. The van der Waals surface area contributed by atoms with E-state index < -0.39 is 11.9 Å². The molecule has 19 heavy (non-hydrogen) atoms. The van der Waals surface area contributed by atoms with Gasteiger partial charge in [-0.1, -0.05) is 11.6 Å². The van der Waals surface area contributed by atoms with E-state index >= 15 is 0 Å². The highest BCUT2D eigenvalue weighted by molar-refractivity contribution is 9.10. The first kappa shape index (κ1) is 14.0. The smallest absolute Gasteiger partial charge is 0.248 e. The number of hydrogen-bond acceptors (Lipinski definition) is 2. The molecule has 1 N–H and O–H groups in total. The predicted molar refractivity (Wildman–Crippen MR) is 74.7 cm³/mol. The van der Waals surface area contributed by atoms with E-state index in [2.05, 4.69) is 26.3 Å². The van der Waals surface area contributed by atoms with Gasteiger partial charge >= 0.3 is 0 Å². The Kier molecular flexibility index (Phi) is 4.21. The highest BCUT2D eigenvalue weighted by Crippen LogP contribution is 2.20. The summed E-state index contributed by atoms with van der Waals surface area (Å²) in [4.78, 5) is 12.0. The molecule has 1 heterocycles. The van der Waals surface area contributed by atoms with Crippen molar-refractivity contribution in [1.82, 2.24) is 9.78 Å². The third-order valence-electron chi connectivity index (χ3n) is 2.53. The summed E-state index contributed by atoms with van der Waals surface area (Å²) in [5.41, 5.74) is 0.439. The van der Waals surface area contributed by atoms with Crippen molar-refractivity contribution in [1.29, 1.82) is 0 Å². The number of halogens is 3. The van der Waals surface area contributed by atoms with E-state index in [0.29, 0.717) is 5.69 Å². The first-order valence-corrected chi connectivity index (χ1v) is 6.60. The van der Waals surface area contributed by atoms with Crippen LogP contribution >= 0.6 is 27.5 Å². The zero-order valence-electron chi connectivity index (χ0n) is 9.90. The van der Waals surface area contributed by atoms with Crippen LogP contribution in [0.3, 0.4) is 0 Å². The average molecular weight is 347 g/mol. The van der Waals surface area contributed by atoms with Crippen molar-refractivity contribution in [3.05, 3.63) is 45.9 Å². The molecule has 4 nitrogen and oxygen atoms in total. The van der Waals surface area contributed by atoms with Crippen molar-refractivity contribution in [2.75, 3.05) is 5.32 Å². The van der Waals surface area contributed by atoms with Gasteiger partial charge in [-0.2, -0.15) is 5.10 Å². The second kappa shape index (κ2) is 5.71. The number of anilines is 1. The number of rotatable bonds is 3. The molecule has 1 atom stereocenters. The lowest BCUT2D eigenvalue weighted by molar-refractivity contribution is -0.119. The fraction of sp³-hybridized carbons (Fsp3) is 0.167. The molecule has 1 aromatic heterocycles. The Balaban J connectivity index is 2.10. The summed E-state index contributed by atoms with van der Waals surface area (Å²) in [6, 6.07) is 3.52. The van der Waals surface area contributed by atoms with Crippen LogP contribution in [0.4, 0.5) is 10.1 Å². The Morgan fingerprint density at radius 1 is 1.58 bits per heavy atom. The Morgan fingerprint density at radius 2 is 2.32 bits per heavy atom. The van der Waals surface area contributed by atoms with E-state index in [4.69, 9.17) is 11.6 Å². The zero-order valence-corrected chi connectivity index (χ0v) is 12.2. The van der Waals surface area contributed by atoms with Crippen LogP contribution in [0.5, 0.6) is 0 Å². The van der Waals surface area contributed by atoms with Crippen LogP contribution in [0, 0.1) is 5.82 Å². The van der Waals surface area contributed by atoms with Gasteiger partial charge in [0.25, 0.3) is 0 Å². The van der Waals surface area contributed by atoms with Gasteiger partial charge in [-0.15, -0.1) is 0 Å². The Hall–Kier alpha value is -1.40. The minimum Gasteiger partial charge on any atom is -0.324 e. The van der Waals surface area contributed by atoms with Gasteiger partial charge < -0.3 is 5.32 Å². The van der Waals surface area contributed by atoms with E-state index in [1.54, 1.807) is 19.3 Å². The monoisotopic (exact) mass is 345 g/mol. The average Bonchev–Trinajstić information content (AvgIpc) is 2.79. The maximum atomic E-state index is 13.0. The second-order valence-corrected chi connectivity index (χ2v) is 5.26. The first-order valence-electron chi connectivity index (χ1n) is 5.43. The van der Waals surface area contributed by atoms with E-state index in [1.165, 1.54) is 22.9 Å². The van der Waals surface area contributed by atoms with Crippen molar-refractivity contribution in [2.45, 2.75) is 13.0 Å². The molecule has 0 spiro atoms. The molecule has 0 bridgehead atoms. The number of benzene rings is 1. The summed E-state index contributed by atoms with van der Waals surface area (Å²) in [6.07, 6.45) is 3.29. The molecule has 0 fully saturated rings. The first-order chi connectivity index (χ1) is 8.97. The summed E-state index contributed by atoms with van der Waals surface area (Å²) in [5.74, 6) is -0.790. The normalized spacial score (nSPS) is 12.2. The number of carbonyl (C=O) groups excluding carboxylic acids is 1. The van der Waals surface area contributed by atoms with Crippen molar-refractivity contribution >= 4 is 39.1 Å². The van der Waals surface area contributed by atoms with Crippen molar-refractivity contribution in [3.8, 4) is 0 Å². The SMILES string of the molecule is CC(C(=O)Nc1ccc(F)c(Cl)c1)n1cc(Br)cn1. The molecular formula is C12H10BrClFN3O. The lowest BCUT2D eigenvalue weighted by Gasteiger charge is -2.12. The zero-order chi connectivity index (χ0) is 14.0. The number of aromatic nitrogens is 2. The molecule has 0 aliphatic heterocycles. The van der Waals surface area contributed by atoms with Gasteiger partial charge in [0.05, 0.1) is 15.7 Å². The molecule has 1 amide bonds. The minimum atomic E-state index is -0.524. The van der Waals surface area contributed by atoms with E-state index in [-0.39, 0.29) is 10.9 Å². The standard InChI is InChI=1S/C12H10BrClFN3O/c1-7(18-6-8(13)5-16-18)12(19)17-9-2-3-11(15)10(14)4-9/h2-7H,1H3,(H,17,19). The van der Waals surface area contributed by atoms with E-state index in [1.807, 2.05) is 0 Å². The van der Waals surface area contributed by atoms with Crippen LogP contribution in [-0.2, 0) is 4.79 Å². The lowest BCUT2D eigenvalue weighted by Crippen LogP contribution is -2.24. The van der Waals surface area contributed by atoms with Gasteiger partial charge in [-0.05, 0) is 41.1 Å². The molecule has 100 valence electrons.